The summed E-state index contributed by atoms with van der Waals surface area (Å²) in [5.41, 5.74) is 0.393. The van der Waals surface area contributed by atoms with Gasteiger partial charge in [0.2, 0.25) is 0 Å². The van der Waals surface area contributed by atoms with Crippen LogP contribution >= 0.6 is 0 Å². The first kappa shape index (κ1) is 20.3. The third kappa shape index (κ3) is 6.77. The highest BCUT2D eigenvalue weighted by atomic mass is 19.1. The summed E-state index contributed by atoms with van der Waals surface area (Å²) in [6.07, 6.45) is 0.444. The zero-order chi connectivity index (χ0) is 18.3. The summed E-state index contributed by atoms with van der Waals surface area (Å²) < 4.78 is 24.9. The molecule has 1 aromatic carbocycles. The van der Waals surface area contributed by atoms with Gasteiger partial charge in [0.1, 0.15) is 12.2 Å². The van der Waals surface area contributed by atoms with E-state index >= 15 is 0 Å². The lowest BCUT2D eigenvalue weighted by molar-refractivity contribution is 0.0226. The molecule has 5 heteroatoms. The smallest absolute Gasteiger partial charge is 0.410 e. The minimum absolute atomic E-state index is 0.208. The number of rotatable bonds is 7. The molecule has 0 radical (unpaired) electrons. The van der Waals surface area contributed by atoms with E-state index in [0.29, 0.717) is 13.1 Å². The average Bonchev–Trinajstić information content (AvgIpc) is 2.45. The molecule has 1 aromatic rings. The van der Waals surface area contributed by atoms with Crippen LogP contribution in [-0.4, -0.2) is 36.3 Å². The van der Waals surface area contributed by atoms with Crippen LogP contribution in [0.4, 0.5) is 9.18 Å². The van der Waals surface area contributed by atoms with Crippen molar-refractivity contribution in [3.63, 3.8) is 0 Å². The van der Waals surface area contributed by atoms with Crippen LogP contribution in [0, 0.1) is 5.82 Å². The fraction of sp³-hybridized carbons (Fsp3) is 0.632. The summed E-state index contributed by atoms with van der Waals surface area (Å²) in [6, 6.07) is 5.00. The van der Waals surface area contributed by atoms with Crippen LogP contribution in [0.2, 0.25) is 0 Å². The molecule has 136 valence electrons. The van der Waals surface area contributed by atoms with Crippen LogP contribution < -0.4 is 4.74 Å². The van der Waals surface area contributed by atoms with Gasteiger partial charge in [0.05, 0.1) is 6.54 Å². The highest BCUT2D eigenvalue weighted by Gasteiger charge is 2.21. The number of amides is 1. The molecule has 24 heavy (non-hydrogen) atoms. The van der Waals surface area contributed by atoms with E-state index in [1.54, 1.807) is 11.0 Å². The maximum Gasteiger partial charge on any atom is 0.410 e. The van der Waals surface area contributed by atoms with Crippen molar-refractivity contribution in [1.82, 2.24) is 4.90 Å². The van der Waals surface area contributed by atoms with Gasteiger partial charge in [-0.1, -0.05) is 26.8 Å². The molecule has 0 bridgehead atoms. The van der Waals surface area contributed by atoms with E-state index in [2.05, 4.69) is 0 Å². The maximum absolute atomic E-state index is 14.0. The second-order valence-corrected chi connectivity index (χ2v) is 7.16. The van der Waals surface area contributed by atoms with E-state index in [0.717, 1.165) is 12.0 Å². The van der Waals surface area contributed by atoms with Gasteiger partial charge in [0, 0.05) is 6.54 Å². The Balaban J connectivity index is 2.61. The molecule has 1 rings (SSSR count). The highest BCUT2D eigenvalue weighted by molar-refractivity contribution is 5.68. The van der Waals surface area contributed by atoms with Gasteiger partial charge in [0.15, 0.2) is 11.6 Å². The molecule has 0 aliphatic rings. The molecule has 0 spiro atoms. The number of carbonyl (C=O) groups is 1. The number of carbonyl (C=O) groups excluding carboxylic acids is 1. The quantitative estimate of drug-likeness (QED) is 0.703. The third-order valence-corrected chi connectivity index (χ3v) is 3.39. The number of halogens is 1. The molecule has 0 heterocycles. The first-order chi connectivity index (χ1) is 11.1. The molecule has 0 fully saturated rings. The number of hydrogen-bond acceptors (Lipinski definition) is 3. The van der Waals surface area contributed by atoms with Gasteiger partial charge in [-0.2, -0.15) is 0 Å². The summed E-state index contributed by atoms with van der Waals surface area (Å²) >= 11 is 0. The number of nitrogens with zero attached hydrogens (tertiary/aromatic N) is 1. The Labute approximate surface area is 144 Å². The van der Waals surface area contributed by atoms with Gasteiger partial charge < -0.3 is 14.4 Å². The standard InChI is InChI=1S/C19H30FNO3/c1-7-10-21(18(22)24-19(4,5)6)11-12-23-17-9-8-15(14(2)3)13-16(17)20/h8-9,13-14H,7,10-12H2,1-6H3. The molecule has 4 nitrogen and oxygen atoms in total. The van der Waals surface area contributed by atoms with Crippen molar-refractivity contribution in [2.75, 3.05) is 19.7 Å². The van der Waals surface area contributed by atoms with E-state index in [9.17, 15) is 9.18 Å². The van der Waals surface area contributed by atoms with E-state index in [1.807, 2.05) is 47.6 Å². The van der Waals surface area contributed by atoms with Crippen LogP contribution in [0.3, 0.4) is 0 Å². The summed E-state index contributed by atoms with van der Waals surface area (Å²) in [5.74, 6) is 0.0984. The first-order valence-corrected chi connectivity index (χ1v) is 8.54. The van der Waals surface area contributed by atoms with Gasteiger partial charge in [-0.3, -0.25) is 0 Å². The zero-order valence-corrected chi connectivity index (χ0v) is 15.7. The van der Waals surface area contributed by atoms with E-state index < -0.39 is 5.60 Å². The third-order valence-electron chi connectivity index (χ3n) is 3.39. The Morgan fingerprint density at radius 3 is 2.42 bits per heavy atom. The van der Waals surface area contributed by atoms with Crippen molar-refractivity contribution < 1.29 is 18.7 Å². The number of hydrogen-bond donors (Lipinski definition) is 0. The summed E-state index contributed by atoms with van der Waals surface area (Å²) in [5, 5.41) is 0. The fourth-order valence-electron chi connectivity index (χ4n) is 2.15. The first-order valence-electron chi connectivity index (χ1n) is 8.54. The number of ether oxygens (including phenoxy) is 2. The predicted molar refractivity (Wildman–Crippen MR) is 94.1 cm³/mol. The lowest BCUT2D eigenvalue weighted by Crippen LogP contribution is -2.39. The van der Waals surface area contributed by atoms with Crippen molar-refractivity contribution in [1.29, 1.82) is 0 Å². The lowest BCUT2D eigenvalue weighted by atomic mass is 10.0. The molecule has 1 amide bonds. The Morgan fingerprint density at radius 1 is 1.25 bits per heavy atom. The Bertz CT molecular complexity index is 538. The second-order valence-electron chi connectivity index (χ2n) is 7.16. The minimum atomic E-state index is -0.539. The minimum Gasteiger partial charge on any atom is -0.489 e. The van der Waals surface area contributed by atoms with Gasteiger partial charge in [-0.25, -0.2) is 9.18 Å². The monoisotopic (exact) mass is 339 g/mol. The summed E-state index contributed by atoms with van der Waals surface area (Å²) in [6.45, 7) is 12.7. The van der Waals surface area contributed by atoms with Crippen molar-refractivity contribution in [3.05, 3.63) is 29.6 Å². The Kier molecular flexibility index (Phi) is 7.52. The molecule has 0 saturated heterocycles. The summed E-state index contributed by atoms with van der Waals surface area (Å²) in [4.78, 5) is 13.7. The number of benzene rings is 1. The normalized spacial score (nSPS) is 11.5. The maximum atomic E-state index is 14.0. The predicted octanol–water partition coefficient (Wildman–Crippen LogP) is 4.98. The lowest BCUT2D eigenvalue weighted by Gasteiger charge is -2.27. The average molecular weight is 339 g/mol. The Hall–Kier alpha value is -1.78. The van der Waals surface area contributed by atoms with Crippen LogP contribution in [0.25, 0.3) is 0 Å². The van der Waals surface area contributed by atoms with Crippen LogP contribution in [0.1, 0.15) is 59.4 Å². The van der Waals surface area contributed by atoms with E-state index in [4.69, 9.17) is 9.47 Å². The molecule has 0 unspecified atom stereocenters. The second kappa shape index (κ2) is 8.90. The van der Waals surface area contributed by atoms with Crippen LogP contribution in [-0.2, 0) is 4.74 Å². The van der Waals surface area contributed by atoms with Crippen LogP contribution in [0.15, 0.2) is 18.2 Å². The van der Waals surface area contributed by atoms with Gasteiger partial charge in [-0.05, 0) is 50.8 Å². The topological polar surface area (TPSA) is 38.8 Å². The summed E-state index contributed by atoms with van der Waals surface area (Å²) in [7, 11) is 0. The molecule has 0 atom stereocenters. The van der Waals surface area contributed by atoms with E-state index in [1.165, 1.54) is 6.07 Å². The highest BCUT2D eigenvalue weighted by Crippen LogP contribution is 2.22. The molecule has 0 aliphatic carbocycles. The van der Waals surface area contributed by atoms with E-state index in [-0.39, 0.29) is 30.2 Å². The molecular weight excluding hydrogens is 309 g/mol. The van der Waals surface area contributed by atoms with Crippen molar-refractivity contribution in [2.24, 2.45) is 0 Å². The zero-order valence-electron chi connectivity index (χ0n) is 15.7. The SMILES string of the molecule is CCCN(CCOc1ccc(C(C)C)cc1F)C(=O)OC(C)(C)C. The molecule has 0 aliphatic heterocycles. The largest absolute Gasteiger partial charge is 0.489 e. The van der Waals surface area contributed by atoms with Crippen molar-refractivity contribution in [2.45, 2.75) is 59.5 Å². The van der Waals surface area contributed by atoms with Crippen molar-refractivity contribution in [3.8, 4) is 5.75 Å². The van der Waals surface area contributed by atoms with Gasteiger partial charge in [-0.15, -0.1) is 0 Å². The fourth-order valence-corrected chi connectivity index (χ4v) is 2.15. The Morgan fingerprint density at radius 2 is 1.92 bits per heavy atom. The molecule has 0 saturated carbocycles. The molecular formula is C19H30FNO3. The van der Waals surface area contributed by atoms with Gasteiger partial charge in [0.25, 0.3) is 0 Å². The van der Waals surface area contributed by atoms with Crippen LogP contribution in [0.5, 0.6) is 5.75 Å². The van der Waals surface area contributed by atoms with Crippen molar-refractivity contribution >= 4 is 6.09 Å². The van der Waals surface area contributed by atoms with Gasteiger partial charge >= 0.3 is 6.09 Å². The molecule has 0 N–H and O–H groups in total. The molecule has 0 aromatic heterocycles.